The number of carbonyl (C=O) groups excluding carboxylic acids is 2. The fourth-order valence-corrected chi connectivity index (χ4v) is 3.29. The van der Waals surface area contributed by atoms with Gasteiger partial charge in [0.05, 0.1) is 6.61 Å². The van der Waals surface area contributed by atoms with Crippen LogP contribution in [-0.2, 0) is 16.1 Å². The molecule has 0 fully saturated rings. The summed E-state index contributed by atoms with van der Waals surface area (Å²) >= 11 is 0. The van der Waals surface area contributed by atoms with Crippen molar-refractivity contribution in [3.8, 4) is 5.75 Å². The second-order valence-electron chi connectivity index (χ2n) is 7.09. The highest BCUT2D eigenvalue weighted by atomic mass is 16.5. The van der Waals surface area contributed by atoms with Crippen molar-refractivity contribution in [3.63, 3.8) is 0 Å². The van der Waals surface area contributed by atoms with Crippen LogP contribution in [0.4, 0.5) is 0 Å². The standard InChI is InChI=1S/C24H32N2O3/c1-4-22(24(28)25-5-2)26(18-20-12-9-11-19(3)17-20)23(27)15-10-16-29-21-13-7-6-8-14-21/h6-9,11-14,17,22H,4-5,10,15-16,18H2,1-3H3,(H,25,28). The Balaban J connectivity index is 2.03. The average molecular weight is 397 g/mol. The van der Waals surface area contributed by atoms with Crippen molar-refractivity contribution < 1.29 is 14.3 Å². The third-order valence-corrected chi connectivity index (χ3v) is 4.72. The Kier molecular flexibility index (Phi) is 9.22. The van der Waals surface area contributed by atoms with E-state index in [1.165, 1.54) is 0 Å². The molecule has 5 nitrogen and oxygen atoms in total. The van der Waals surface area contributed by atoms with E-state index in [1.807, 2.05) is 69.3 Å². The van der Waals surface area contributed by atoms with Crippen LogP contribution in [0.5, 0.6) is 5.75 Å². The SMILES string of the molecule is CCNC(=O)C(CC)N(Cc1cccc(C)c1)C(=O)CCCOc1ccccc1. The van der Waals surface area contributed by atoms with E-state index in [9.17, 15) is 9.59 Å². The first-order valence-corrected chi connectivity index (χ1v) is 10.4. The number of nitrogens with zero attached hydrogens (tertiary/aromatic N) is 1. The zero-order valence-corrected chi connectivity index (χ0v) is 17.7. The molecule has 2 aromatic rings. The third kappa shape index (κ3) is 7.26. The number of nitrogens with one attached hydrogen (secondary N) is 1. The predicted molar refractivity (Wildman–Crippen MR) is 116 cm³/mol. The average Bonchev–Trinajstić information content (AvgIpc) is 2.72. The van der Waals surface area contributed by atoms with Crippen molar-refractivity contribution in [1.82, 2.24) is 10.2 Å². The Hall–Kier alpha value is -2.82. The van der Waals surface area contributed by atoms with Gasteiger partial charge in [-0.3, -0.25) is 9.59 Å². The minimum Gasteiger partial charge on any atom is -0.494 e. The lowest BCUT2D eigenvalue weighted by molar-refractivity contribution is -0.141. The molecule has 0 aliphatic heterocycles. The molecule has 0 saturated heterocycles. The molecule has 0 aromatic heterocycles. The largest absolute Gasteiger partial charge is 0.494 e. The Labute approximate surface area is 174 Å². The number of benzene rings is 2. The fraction of sp³-hybridized carbons (Fsp3) is 0.417. The lowest BCUT2D eigenvalue weighted by Crippen LogP contribution is -2.49. The summed E-state index contributed by atoms with van der Waals surface area (Å²) in [7, 11) is 0. The lowest BCUT2D eigenvalue weighted by Gasteiger charge is -2.30. The number of likely N-dealkylation sites (N-methyl/N-ethyl adjacent to an activating group) is 1. The van der Waals surface area contributed by atoms with Crippen molar-refractivity contribution >= 4 is 11.8 Å². The normalized spacial score (nSPS) is 11.6. The lowest BCUT2D eigenvalue weighted by atomic mass is 10.1. The maximum atomic E-state index is 13.0. The number of carbonyl (C=O) groups is 2. The number of para-hydroxylation sites is 1. The summed E-state index contributed by atoms with van der Waals surface area (Å²) in [5, 5.41) is 2.86. The van der Waals surface area contributed by atoms with Gasteiger partial charge in [-0.15, -0.1) is 0 Å². The van der Waals surface area contributed by atoms with Crippen molar-refractivity contribution in [2.24, 2.45) is 0 Å². The van der Waals surface area contributed by atoms with Crippen molar-refractivity contribution in [1.29, 1.82) is 0 Å². The number of aryl methyl sites for hydroxylation is 1. The summed E-state index contributed by atoms with van der Waals surface area (Å²) in [6.45, 7) is 7.29. The molecular weight excluding hydrogens is 364 g/mol. The molecule has 0 aliphatic carbocycles. The summed E-state index contributed by atoms with van der Waals surface area (Å²) in [6, 6.07) is 17.2. The second-order valence-corrected chi connectivity index (χ2v) is 7.09. The van der Waals surface area contributed by atoms with Crippen molar-refractivity contribution in [2.45, 2.75) is 52.6 Å². The maximum absolute atomic E-state index is 13.0. The van der Waals surface area contributed by atoms with Crippen LogP contribution in [-0.4, -0.2) is 35.9 Å². The number of ether oxygens (including phenoxy) is 1. The molecule has 2 rings (SSSR count). The van der Waals surface area contributed by atoms with Crippen LogP contribution in [0, 0.1) is 6.92 Å². The van der Waals surface area contributed by atoms with E-state index in [2.05, 4.69) is 11.4 Å². The molecule has 0 radical (unpaired) electrons. The molecule has 1 N–H and O–H groups in total. The summed E-state index contributed by atoms with van der Waals surface area (Å²) in [4.78, 5) is 27.3. The van der Waals surface area contributed by atoms with Gasteiger partial charge in [0.15, 0.2) is 0 Å². The molecule has 156 valence electrons. The molecule has 29 heavy (non-hydrogen) atoms. The van der Waals surface area contributed by atoms with E-state index < -0.39 is 6.04 Å². The van der Waals surface area contributed by atoms with E-state index >= 15 is 0 Å². The molecule has 5 heteroatoms. The number of amides is 2. The first-order chi connectivity index (χ1) is 14.0. The van der Waals surface area contributed by atoms with E-state index in [0.717, 1.165) is 16.9 Å². The Morgan fingerprint density at radius 2 is 1.83 bits per heavy atom. The van der Waals surface area contributed by atoms with Crippen LogP contribution in [0.25, 0.3) is 0 Å². The molecule has 1 atom stereocenters. The Morgan fingerprint density at radius 1 is 1.07 bits per heavy atom. The molecular formula is C24H32N2O3. The summed E-state index contributed by atoms with van der Waals surface area (Å²) in [6.07, 6.45) is 1.52. The van der Waals surface area contributed by atoms with Crippen LogP contribution in [0.2, 0.25) is 0 Å². The van der Waals surface area contributed by atoms with Gasteiger partial charge in [0.1, 0.15) is 11.8 Å². The highest BCUT2D eigenvalue weighted by molar-refractivity contribution is 5.87. The zero-order valence-electron chi connectivity index (χ0n) is 17.7. The first kappa shape index (κ1) is 22.5. The number of hydrogen-bond acceptors (Lipinski definition) is 3. The van der Waals surface area contributed by atoms with Crippen LogP contribution in [0.1, 0.15) is 44.2 Å². The molecule has 0 aliphatic rings. The van der Waals surface area contributed by atoms with Crippen molar-refractivity contribution in [2.75, 3.05) is 13.2 Å². The van der Waals surface area contributed by atoms with E-state index in [0.29, 0.717) is 39.0 Å². The van der Waals surface area contributed by atoms with Gasteiger partial charge in [-0.25, -0.2) is 0 Å². The van der Waals surface area contributed by atoms with Gasteiger partial charge in [0.2, 0.25) is 11.8 Å². The summed E-state index contributed by atoms with van der Waals surface area (Å²) in [5.74, 6) is 0.670. The number of hydrogen-bond donors (Lipinski definition) is 1. The highest BCUT2D eigenvalue weighted by Gasteiger charge is 2.27. The summed E-state index contributed by atoms with van der Waals surface area (Å²) in [5.41, 5.74) is 2.17. The fourth-order valence-electron chi connectivity index (χ4n) is 3.29. The molecule has 2 amide bonds. The molecule has 0 heterocycles. The minimum atomic E-state index is -0.474. The maximum Gasteiger partial charge on any atom is 0.242 e. The monoisotopic (exact) mass is 396 g/mol. The van der Waals surface area contributed by atoms with Gasteiger partial charge < -0.3 is 15.0 Å². The van der Waals surface area contributed by atoms with Gasteiger partial charge in [-0.1, -0.05) is 55.0 Å². The van der Waals surface area contributed by atoms with E-state index in [4.69, 9.17) is 4.74 Å². The third-order valence-electron chi connectivity index (χ3n) is 4.72. The quantitative estimate of drug-likeness (QED) is 0.582. The summed E-state index contributed by atoms with van der Waals surface area (Å²) < 4.78 is 5.69. The van der Waals surface area contributed by atoms with Crippen LogP contribution in [0.3, 0.4) is 0 Å². The molecule has 2 aromatic carbocycles. The minimum absolute atomic E-state index is 0.0266. The topological polar surface area (TPSA) is 58.6 Å². The van der Waals surface area contributed by atoms with Gasteiger partial charge in [-0.05, 0) is 44.4 Å². The van der Waals surface area contributed by atoms with Crippen molar-refractivity contribution in [3.05, 3.63) is 65.7 Å². The van der Waals surface area contributed by atoms with E-state index in [-0.39, 0.29) is 11.8 Å². The van der Waals surface area contributed by atoms with Gasteiger partial charge >= 0.3 is 0 Å². The zero-order chi connectivity index (χ0) is 21.1. The predicted octanol–water partition coefficient (Wildman–Crippen LogP) is 4.10. The van der Waals surface area contributed by atoms with E-state index in [1.54, 1.807) is 4.90 Å². The Morgan fingerprint density at radius 3 is 2.48 bits per heavy atom. The molecule has 0 spiro atoms. The van der Waals surface area contributed by atoms with Crippen LogP contribution >= 0.6 is 0 Å². The smallest absolute Gasteiger partial charge is 0.242 e. The molecule has 0 bridgehead atoms. The highest BCUT2D eigenvalue weighted by Crippen LogP contribution is 2.16. The van der Waals surface area contributed by atoms with Crippen LogP contribution in [0.15, 0.2) is 54.6 Å². The number of rotatable bonds is 11. The van der Waals surface area contributed by atoms with Gasteiger partial charge in [-0.2, -0.15) is 0 Å². The first-order valence-electron chi connectivity index (χ1n) is 10.4. The molecule has 0 saturated carbocycles. The Bertz CT molecular complexity index is 777. The van der Waals surface area contributed by atoms with Gasteiger partial charge in [0.25, 0.3) is 0 Å². The van der Waals surface area contributed by atoms with Crippen LogP contribution < -0.4 is 10.1 Å². The molecule has 1 unspecified atom stereocenters. The second kappa shape index (κ2) is 11.9. The van der Waals surface area contributed by atoms with Gasteiger partial charge in [0, 0.05) is 19.5 Å².